The number of nitrogens with zero attached hydrogens (tertiary/aromatic N) is 2. The van der Waals surface area contributed by atoms with Gasteiger partial charge in [0.15, 0.2) is 0 Å². The van der Waals surface area contributed by atoms with Gasteiger partial charge in [0.05, 0.1) is 5.69 Å². The molecule has 82 valence electrons. The van der Waals surface area contributed by atoms with Crippen molar-refractivity contribution < 1.29 is 0 Å². The van der Waals surface area contributed by atoms with E-state index in [2.05, 4.69) is 34.3 Å². The molecule has 3 heteroatoms. The molecule has 2 heterocycles. The van der Waals surface area contributed by atoms with Crippen LogP contribution >= 0.6 is 0 Å². The normalized spacial score (nSPS) is 22.9. The third-order valence-electron chi connectivity index (χ3n) is 2.95. The summed E-state index contributed by atoms with van der Waals surface area (Å²) in [5, 5.41) is 3.40. The number of aromatic nitrogens is 1. The third kappa shape index (κ3) is 2.76. The number of aryl methyl sites for hydroxylation is 1. The third-order valence-corrected chi connectivity index (χ3v) is 2.95. The number of hydrogen-bond acceptors (Lipinski definition) is 3. The topological polar surface area (TPSA) is 28.2 Å². The molecule has 1 saturated heterocycles. The maximum atomic E-state index is 4.54. The first-order valence-electron chi connectivity index (χ1n) is 5.63. The lowest BCUT2D eigenvalue weighted by atomic mass is 10.2. The van der Waals surface area contributed by atoms with Gasteiger partial charge in [-0.05, 0) is 26.0 Å². The quantitative estimate of drug-likeness (QED) is 0.786. The molecule has 0 amide bonds. The molecule has 0 aliphatic carbocycles. The summed E-state index contributed by atoms with van der Waals surface area (Å²) in [5.74, 6) is 0. The highest BCUT2D eigenvalue weighted by Crippen LogP contribution is 2.08. The van der Waals surface area contributed by atoms with Crippen molar-refractivity contribution in [1.82, 2.24) is 15.2 Å². The molecule has 15 heavy (non-hydrogen) atoms. The molecule has 0 saturated carbocycles. The molecule has 1 N–H and O–H groups in total. The number of piperazine rings is 1. The zero-order valence-corrected chi connectivity index (χ0v) is 9.53. The van der Waals surface area contributed by atoms with Crippen molar-refractivity contribution in [3.05, 3.63) is 29.6 Å². The van der Waals surface area contributed by atoms with Crippen molar-refractivity contribution in [3.63, 3.8) is 0 Å². The number of rotatable bonds is 2. The van der Waals surface area contributed by atoms with Crippen molar-refractivity contribution >= 4 is 0 Å². The Morgan fingerprint density at radius 3 is 3.13 bits per heavy atom. The molecule has 1 fully saturated rings. The second kappa shape index (κ2) is 4.73. The predicted molar refractivity (Wildman–Crippen MR) is 61.7 cm³/mol. The number of nitrogens with one attached hydrogen (secondary N) is 1. The van der Waals surface area contributed by atoms with E-state index in [0.717, 1.165) is 31.9 Å². The molecule has 1 aliphatic heterocycles. The molecule has 1 aromatic rings. The van der Waals surface area contributed by atoms with Crippen molar-refractivity contribution in [2.24, 2.45) is 0 Å². The summed E-state index contributed by atoms with van der Waals surface area (Å²) >= 11 is 0. The predicted octanol–water partition coefficient (Wildman–Crippen LogP) is 1.18. The van der Waals surface area contributed by atoms with Gasteiger partial charge >= 0.3 is 0 Å². The first kappa shape index (κ1) is 10.6. The minimum Gasteiger partial charge on any atom is -0.314 e. The highest BCUT2D eigenvalue weighted by atomic mass is 15.2. The SMILES string of the molecule is Cc1cccc(CN2CCNC[C@H]2C)n1. The zero-order valence-electron chi connectivity index (χ0n) is 9.53. The fraction of sp³-hybridized carbons (Fsp3) is 0.583. The van der Waals surface area contributed by atoms with E-state index < -0.39 is 0 Å². The van der Waals surface area contributed by atoms with Crippen LogP contribution in [-0.2, 0) is 6.54 Å². The lowest BCUT2D eigenvalue weighted by molar-refractivity contribution is 0.163. The Morgan fingerprint density at radius 1 is 1.53 bits per heavy atom. The van der Waals surface area contributed by atoms with Crippen LogP contribution in [0.5, 0.6) is 0 Å². The van der Waals surface area contributed by atoms with E-state index in [0.29, 0.717) is 6.04 Å². The first-order chi connectivity index (χ1) is 7.25. The molecule has 0 spiro atoms. The van der Waals surface area contributed by atoms with Crippen LogP contribution in [0.4, 0.5) is 0 Å². The Morgan fingerprint density at radius 2 is 2.40 bits per heavy atom. The Bertz CT molecular complexity index is 324. The van der Waals surface area contributed by atoms with E-state index in [1.165, 1.54) is 5.69 Å². The van der Waals surface area contributed by atoms with Gasteiger partial charge in [0.25, 0.3) is 0 Å². The monoisotopic (exact) mass is 205 g/mol. The van der Waals surface area contributed by atoms with Gasteiger partial charge in [0, 0.05) is 37.9 Å². The number of hydrogen-bond donors (Lipinski definition) is 1. The summed E-state index contributed by atoms with van der Waals surface area (Å²) in [6.45, 7) is 8.59. The van der Waals surface area contributed by atoms with Crippen molar-refractivity contribution in [3.8, 4) is 0 Å². The summed E-state index contributed by atoms with van der Waals surface area (Å²) in [6.07, 6.45) is 0. The second-order valence-corrected chi connectivity index (χ2v) is 4.29. The largest absolute Gasteiger partial charge is 0.314 e. The summed E-state index contributed by atoms with van der Waals surface area (Å²) < 4.78 is 0. The van der Waals surface area contributed by atoms with Gasteiger partial charge in [0.2, 0.25) is 0 Å². The maximum absolute atomic E-state index is 4.54. The smallest absolute Gasteiger partial charge is 0.0547 e. The van der Waals surface area contributed by atoms with E-state index in [1.54, 1.807) is 0 Å². The van der Waals surface area contributed by atoms with E-state index in [-0.39, 0.29) is 0 Å². The Balaban J connectivity index is 2.01. The van der Waals surface area contributed by atoms with Crippen molar-refractivity contribution in [2.75, 3.05) is 19.6 Å². The lowest BCUT2D eigenvalue weighted by Gasteiger charge is -2.33. The second-order valence-electron chi connectivity index (χ2n) is 4.29. The summed E-state index contributed by atoms with van der Waals surface area (Å²) in [5.41, 5.74) is 2.29. The summed E-state index contributed by atoms with van der Waals surface area (Å²) in [7, 11) is 0. The number of pyridine rings is 1. The molecular formula is C12H19N3. The molecule has 0 aromatic carbocycles. The van der Waals surface area contributed by atoms with Crippen LogP contribution in [0.25, 0.3) is 0 Å². The molecule has 1 atom stereocenters. The van der Waals surface area contributed by atoms with E-state index in [1.807, 2.05) is 13.0 Å². The Labute approximate surface area is 91.5 Å². The van der Waals surface area contributed by atoms with Crippen LogP contribution in [0.15, 0.2) is 18.2 Å². The van der Waals surface area contributed by atoms with Gasteiger partial charge in [0.1, 0.15) is 0 Å². The minimum absolute atomic E-state index is 0.612. The highest BCUT2D eigenvalue weighted by molar-refractivity contribution is 5.10. The molecule has 0 unspecified atom stereocenters. The highest BCUT2D eigenvalue weighted by Gasteiger charge is 2.17. The molecule has 3 nitrogen and oxygen atoms in total. The minimum atomic E-state index is 0.612. The van der Waals surface area contributed by atoms with Gasteiger partial charge in [-0.2, -0.15) is 0 Å². The van der Waals surface area contributed by atoms with Gasteiger partial charge < -0.3 is 5.32 Å². The van der Waals surface area contributed by atoms with Crippen LogP contribution < -0.4 is 5.32 Å². The van der Waals surface area contributed by atoms with Crippen molar-refractivity contribution in [2.45, 2.75) is 26.4 Å². The first-order valence-corrected chi connectivity index (χ1v) is 5.63. The average Bonchev–Trinajstić information content (AvgIpc) is 2.22. The Hall–Kier alpha value is -0.930. The van der Waals surface area contributed by atoms with Crippen LogP contribution in [0.3, 0.4) is 0 Å². The average molecular weight is 205 g/mol. The molecular weight excluding hydrogens is 186 g/mol. The molecule has 1 aliphatic rings. The molecule has 0 bridgehead atoms. The van der Waals surface area contributed by atoms with E-state index in [9.17, 15) is 0 Å². The van der Waals surface area contributed by atoms with E-state index in [4.69, 9.17) is 0 Å². The standard InChI is InChI=1S/C12H19N3/c1-10-4-3-5-12(14-10)9-15-7-6-13-8-11(15)2/h3-5,11,13H,6-9H2,1-2H3/t11-/m1/s1. The Kier molecular flexibility index (Phi) is 3.34. The summed E-state index contributed by atoms with van der Waals surface area (Å²) in [4.78, 5) is 7.02. The molecule has 2 rings (SSSR count). The zero-order chi connectivity index (χ0) is 10.7. The lowest BCUT2D eigenvalue weighted by Crippen LogP contribution is -2.49. The van der Waals surface area contributed by atoms with Crippen LogP contribution in [0, 0.1) is 6.92 Å². The maximum Gasteiger partial charge on any atom is 0.0547 e. The fourth-order valence-electron chi connectivity index (χ4n) is 2.01. The van der Waals surface area contributed by atoms with E-state index >= 15 is 0 Å². The van der Waals surface area contributed by atoms with Gasteiger partial charge in [-0.1, -0.05) is 6.07 Å². The molecule has 1 aromatic heterocycles. The van der Waals surface area contributed by atoms with Crippen LogP contribution in [0.1, 0.15) is 18.3 Å². The van der Waals surface area contributed by atoms with Gasteiger partial charge in [-0.25, -0.2) is 0 Å². The van der Waals surface area contributed by atoms with Crippen molar-refractivity contribution in [1.29, 1.82) is 0 Å². The van der Waals surface area contributed by atoms with Crippen LogP contribution in [0.2, 0.25) is 0 Å². The van der Waals surface area contributed by atoms with Gasteiger partial charge in [-0.15, -0.1) is 0 Å². The van der Waals surface area contributed by atoms with Crippen LogP contribution in [-0.4, -0.2) is 35.6 Å². The molecule has 0 radical (unpaired) electrons. The summed E-state index contributed by atoms with van der Waals surface area (Å²) in [6, 6.07) is 6.86. The fourth-order valence-corrected chi connectivity index (χ4v) is 2.01. The van der Waals surface area contributed by atoms with Gasteiger partial charge in [-0.3, -0.25) is 9.88 Å².